The highest BCUT2D eigenvalue weighted by Gasteiger charge is 2.40. The Hall–Kier alpha value is -5.98. The maximum Gasteiger partial charge on any atom is 0.417 e. The summed E-state index contributed by atoms with van der Waals surface area (Å²) >= 11 is 0. The number of carbonyl (C=O) groups is 8. The van der Waals surface area contributed by atoms with Crippen LogP contribution in [-0.4, -0.2) is 397 Å². The fourth-order valence-corrected chi connectivity index (χ4v) is 10.8. The molecule has 0 aromatic carbocycles. The number of alkyl carbamates (subject to hydrolysis) is 1. The summed E-state index contributed by atoms with van der Waals surface area (Å²) in [4.78, 5) is 102. The van der Waals surface area contributed by atoms with Gasteiger partial charge in [-0.25, -0.2) is 19.8 Å². The number of amides is 2. The normalized spacial score (nSPS) is 12.3. The molecule has 0 rings (SSSR count). The molecule has 0 fully saturated rings. The number of nitrogens with one attached hydrogen (secondary N) is 2. The molecule has 3 N–H and O–H groups in total. The predicted octanol–water partition coefficient (Wildman–Crippen LogP) is 6.50. The third kappa shape index (κ3) is 87.4. The van der Waals surface area contributed by atoms with Gasteiger partial charge in [0.25, 0.3) is 0 Å². The van der Waals surface area contributed by atoms with Crippen LogP contribution in [0.1, 0.15) is 124 Å². The zero-order valence-corrected chi connectivity index (χ0v) is 75.7. The van der Waals surface area contributed by atoms with Crippen LogP contribution in [0.25, 0.3) is 0 Å². The summed E-state index contributed by atoms with van der Waals surface area (Å²) in [6, 6.07) is 0. The topological polar surface area (TPSA) is 452 Å². The summed E-state index contributed by atoms with van der Waals surface area (Å²) < 4.78 is 167. The third-order valence-electron chi connectivity index (χ3n) is 17.3. The second-order valence-electron chi connectivity index (χ2n) is 28.2. The third-order valence-corrected chi connectivity index (χ3v) is 17.3. The minimum Gasteiger partial charge on any atom is -0.481 e. The number of carboxylic acid groups (broad SMARTS) is 1. The number of hydrogen-bond donors (Lipinski definition) is 3. The molecule has 0 aliphatic carbocycles. The van der Waals surface area contributed by atoms with Crippen LogP contribution in [-0.2, 0) is 161 Å². The summed E-state index contributed by atoms with van der Waals surface area (Å²) in [6.07, 6.45) is 9.49. The van der Waals surface area contributed by atoms with Gasteiger partial charge in [-0.3, -0.25) is 24.0 Å². The van der Waals surface area contributed by atoms with Gasteiger partial charge in [0.1, 0.15) is 33.0 Å². The molecule has 0 aliphatic rings. The lowest BCUT2D eigenvalue weighted by Crippen LogP contribution is -2.36. The summed E-state index contributed by atoms with van der Waals surface area (Å²) in [7, 11) is 1.62. The molecule has 0 saturated carbocycles. The van der Waals surface area contributed by atoms with Crippen molar-refractivity contribution in [1.29, 1.82) is 0 Å². The first kappa shape index (κ1) is 120. The summed E-state index contributed by atoms with van der Waals surface area (Å²) in [5.74, 6) is -7.81. The second kappa shape index (κ2) is 95.1. The number of rotatable bonds is 101. The van der Waals surface area contributed by atoms with Crippen LogP contribution in [0.5, 0.6) is 0 Å². The van der Waals surface area contributed by atoms with Crippen molar-refractivity contribution < 1.29 is 180 Å². The van der Waals surface area contributed by atoms with Crippen molar-refractivity contribution in [2.45, 2.75) is 124 Å². The minimum atomic E-state index is -1.86. The number of unbranched alkanes of at least 4 members (excludes halogenated alkanes) is 9. The molecule has 0 spiro atoms. The van der Waals surface area contributed by atoms with E-state index < -0.39 is 71.2 Å². The van der Waals surface area contributed by atoms with E-state index in [2.05, 4.69) is 23.9 Å². The number of aliphatic carboxylic acids is 1. The predicted molar refractivity (Wildman–Crippen MR) is 453 cm³/mol. The van der Waals surface area contributed by atoms with E-state index in [1.54, 1.807) is 26.4 Å². The standard InChI is InChI=1S/C85H154FN3O37/c1-6-8-9-10-11-12-13-14-15-16-23-122-80(94)75(72-76(73-85(3,4)82(96)125-68-66-102-25-21-88-89-83(86)97)81(95)123-67-65-120-64-63-119-62-61-118-60-59-117-58-51-112-46-45-109-40-39-106-34-33-103-28-27-99-5)71-74(79(93)124-69-70-126-84(98)87-20-26-121-78(92)7-2)18-17-22-100-29-31-104-35-37-107-41-43-110-47-49-113-52-54-115-56-57-116-55-53-114-50-48-111-44-42-108-38-36-105-32-30-101-24-19-77(90)91/h7,21,74-76H,2,6,8-20,22-73H2,1,3-5H3,(H,87,98)(H,89,97)(H,90,91)/b88-21+. The molecule has 0 heterocycles. The molecule has 0 aromatic heterocycles. The average molecular weight is 1830 g/mol. The lowest BCUT2D eigenvalue weighted by Gasteiger charge is -2.29. The number of hydrazone groups is 1. The van der Waals surface area contributed by atoms with Crippen molar-refractivity contribution in [3.05, 3.63) is 12.7 Å². The summed E-state index contributed by atoms with van der Waals surface area (Å²) in [6.45, 7) is 21.8. The number of carbonyl (C=O) groups excluding carboxylic acids is 7. The van der Waals surface area contributed by atoms with E-state index in [1.165, 1.54) is 25.7 Å². The van der Waals surface area contributed by atoms with Crippen LogP contribution in [0.3, 0.4) is 0 Å². The van der Waals surface area contributed by atoms with Gasteiger partial charge < -0.3 is 143 Å². The molecule has 0 bridgehead atoms. The Morgan fingerprint density at radius 1 is 0.357 bits per heavy atom. The highest BCUT2D eigenvalue weighted by atomic mass is 19.1. The fraction of sp³-hybridized carbons (Fsp3) is 0.871. The first-order valence-electron chi connectivity index (χ1n) is 44.2. The number of esters is 5. The quantitative estimate of drug-likeness (QED) is 0.00855. The number of methoxy groups -OCH3 is 1. The lowest BCUT2D eigenvalue weighted by molar-refractivity contribution is -0.160. The molecule has 40 nitrogen and oxygen atoms in total. The van der Waals surface area contributed by atoms with Gasteiger partial charge in [-0.2, -0.15) is 5.10 Å². The van der Waals surface area contributed by atoms with Gasteiger partial charge in [-0.05, 0) is 52.4 Å². The van der Waals surface area contributed by atoms with Crippen LogP contribution >= 0.6 is 0 Å². The molecule has 0 aliphatic heterocycles. The Morgan fingerprint density at radius 2 is 0.675 bits per heavy atom. The molecular formula is C85H154FN3O37. The first-order valence-corrected chi connectivity index (χ1v) is 44.2. The Balaban J connectivity index is 5.63. The maximum atomic E-state index is 14.6. The van der Waals surface area contributed by atoms with Crippen LogP contribution < -0.4 is 10.7 Å². The van der Waals surface area contributed by atoms with Gasteiger partial charge in [0, 0.05) is 19.8 Å². The van der Waals surface area contributed by atoms with E-state index >= 15 is 0 Å². The number of carboxylic acids is 1. The zero-order valence-electron chi connectivity index (χ0n) is 75.7. The lowest BCUT2D eigenvalue weighted by atomic mass is 9.77. The van der Waals surface area contributed by atoms with Crippen LogP contribution in [0.2, 0.25) is 0 Å². The Morgan fingerprint density at radius 3 is 1.06 bits per heavy atom. The van der Waals surface area contributed by atoms with Crippen molar-refractivity contribution in [3.8, 4) is 0 Å². The van der Waals surface area contributed by atoms with Gasteiger partial charge in [-0.1, -0.05) is 71.3 Å². The van der Waals surface area contributed by atoms with Crippen molar-refractivity contribution in [1.82, 2.24) is 10.7 Å². The van der Waals surface area contributed by atoms with Crippen molar-refractivity contribution in [3.63, 3.8) is 0 Å². The van der Waals surface area contributed by atoms with Crippen LogP contribution in [0.15, 0.2) is 17.8 Å². The SMILES string of the molecule is C=CC(=O)OCCNC(=O)OCCOC(=O)C(CCCOCCOCCOCCOCCOCCOCCOCCOCCOCCOCCOCCOCCC(=O)O)CC(CC(CC(C)(C)C(=O)OCCOC/C=N/NC(=O)F)C(=O)OCCOCCOCCOCCOCCOCCOCCOCCOCCOC)C(=O)OCCCCCCCCCCCC. The van der Waals surface area contributed by atoms with Gasteiger partial charge in [0.2, 0.25) is 0 Å². The molecule has 0 radical (unpaired) electrons. The minimum absolute atomic E-state index is 0.0344. The van der Waals surface area contributed by atoms with E-state index in [4.69, 9.17) is 138 Å². The highest BCUT2D eigenvalue weighted by molar-refractivity contribution is 5.81. The van der Waals surface area contributed by atoms with Gasteiger partial charge >= 0.3 is 48.1 Å². The van der Waals surface area contributed by atoms with E-state index in [-0.39, 0.29) is 151 Å². The van der Waals surface area contributed by atoms with Gasteiger partial charge in [-0.15, -0.1) is 4.39 Å². The number of halogens is 1. The Bertz CT molecular complexity index is 2560. The maximum absolute atomic E-state index is 14.6. The first-order chi connectivity index (χ1) is 61.6. The van der Waals surface area contributed by atoms with Crippen molar-refractivity contribution in [2.24, 2.45) is 28.3 Å². The Kier molecular flexibility index (Phi) is 90.6. The van der Waals surface area contributed by atoms with E-state index in [0.29, 0.717) is 224 Å². The van der Waals surface area contributed by atoms with Crippen LogP contribution in [0, 0.1) is 23.2 Å². The van der Waals surface area contributed by atoms with Crippen LogP contribution in [0.4, 0.5) is 14.0 Å². The summed E-state index contributed by atoms with van der Waals surface area (Å²) in [5.41, 5.74) is 0.211. The monoisotopic (exact) mass is 1830 g/mol. The molecule has 41 heteroatoms. The molecule has 3 atom stereocenters. The molecule has 2 amide bonds. The van der Waals surface area contributed by atoms with Gasteiger partial charge in [0.05, 0.1) is 326 Å². The molecule has 0 aromatic rings. The van der Waals surface area contributed by atoms with Crippen molar-refractivity contribution >= 4 is 54.3 Å². The van der Waals surface area contributed by atoms with Gasteiger partial charge in [0.15, 0.2) is 0 Å². The fourth-order valence-electron chi connectivity index (χ4n) is 10.8. The van der Waals surface area contributed by atoms with Crippen molar-refractivity contribution in [2.75, 3.05) is 337 Å². The summed E-state index contributed by atoms with van der Waals surface area (Å²) in [5, 5.41) is 14.4. The highest BCUT2D eigenvalue weighted by Crippen LogP contribution is 2.35. The Labute approximate surface area is 744 Å². The number of hydrogen-bond acceptors (Lipinski definition) is 37. The molecule has 738 valence electrons. The largest absolute Gasteiger partial charge is 0.481 e. The molecule has 3 unspecified atom stereocenters. The number of nitrogens with zero attached hydrogens (tertiary/aromatic N) is 1. The number of ether oxygens (including phenoxy) is 28. The van der Waals surface area contributed by atoms with E-state index in [9.17, 15) is 42.7 Å². The molecular weight excluding hydrogens is 1670 g/mol. The smallest absolute Gasteiger partial charge is 0.417 e. The van der Waals surface area contributed by atoms with E-state index in [1.807, 2.05) is 0 Å². The van der Waals surface area contributed by atoms with E-state index in [0.717, 1.165) is 44.4 Å². The molecule has 0 saturated heterocycles. The zero-order chi connectivity index (χ0) is 91.9. The molecule has 126 heavy (non-hydrogen) atoms. The second-order valence-corrected chi connectivity index (χ2v) is 28.2. The average Bonchev–Trinajstić information content (AvgIpc) is 0.835.